The Balaban J connectivity index is 2.42. The highest BCUT2D eigenvalue weighted by atomic mass is 79.9. The van der Waals surface area contributed by atoms with Crippen LogP contribution in [0.5, 0.6) is 11.5 Å². The van der Waals surface area contributed by atoms with Gasteiger partial charge in [0.15, 0.2) is 0 Å². The van der Waals surface area contributed by atoms with Crippen LogP contribution < -0.4 is 4.74 Å². The van der Waals surface area contributed by atoms with Crippen LogP contribution in [0, 0.1) is 21.4 Å². The lowest BCUT2D eigenvalue weighted by molar-refractivity contribution is -0.385. The fourth-order valence-electron chi connectivity index (χ4n) is 1.53. The van der Waals surface area contributed by atoms with E-state index in [1.165, 1.54) is 24.3 Å². The highest BCUT2D eigenvalue weighted by Gasteiger charge is 2.16. The van der Waals surface area contributed by atoms with Gasteiger partial charge in [-0.05, 0) is 30.3 Å². The summed E-state index contributed by atoms with van der Waals surface area (Å²) in [5, 5.41) is 20.1. The normalized spacial score (nSPS) is 9.85. The van der Waals surface area contributed by atoms with Crippen LogP contribution in [0.4, 0.5) is 5.69 Å². The quantitative estimate of drug-likeness (QED) is 0.593. The van der Waals surface area contributed by atoms with Crippen LogP contribution in [-0.4, -0.2) is 4.92 Å². The average Bonchev–Trinajstić information content (AvgIpc) is 2.40. The molecule has 7 heteroatoms. The van der Waals surface area contributed by atoms with Gasteiger partial charge in [-0.15, -0.1) is 0 Å². The Morgan fingerprint density at radius 2 is 2.05 bits per heavy atom. The number of hydrogen-bond donors (Lipinski definition) is 0. The minimum atomic E-state index is -0.579. The molecule has 2 aromatic rings. The van der Waals surface area contributed by atoms with Gasteiger partial charge in [-0.25, -0.2) is 0 Å². The van der Waals surface area contributed by atoms with E-state index in [9.17, 15) is 10.1 Å². The lowest BCUT2D eigenvalue weighted by Gasteiger charge is -2.07. The Hall–Kier alpha value is -2.10. The van der Waals surface area contributed by atoms with Gasteiger partial charge in [-0.1, -0.05) is 27.5 Å². The van der Waals surface area contributed by atoms with Crippen molar-refractivity contribution in [3.8, 4) is 17.6 Å². The largest absolute Gasteiger partial charge is 0.450 e. The number of nitriles is 1. The first kappa shape index (κ1) is 14.3. The molecule has 20 heavy (non-hydrogen) atoms. The minimum absolute atomic E-state index is 0.0568. The number of benzene rings is 2. The molecule has 0 amide bonds. The number of hydrogen-bond acceptors (Lipinski definition) is 4. The number of ether oxygens (including phenoxy) is 1. The van der Waals surface area contributed by atoms with E-state index in [0.29, 0.717) is 15.8 Å². The number of halogens is 2. The van der Waals surface area contributed by atoms with E-state index in [1.54, 1.807) is 12.1 Å². The first-order chi connectivity index (χ1) is 9.49. The fraction of sp³-hybridized carbons (Fsp3) is 0. The van der Waals surface area contributed by atoms with E-state index in [0.717, 1.165) is 0 Å². The van der Waals surface area contributed by atoms with Crippen molar-refractivity contribution in [2.75, 3.05) is 0 Å². The molecule has 0 unspecified atom stereocenters. The topological polar surface area (TPSA) is 76.2 Å². The Kier molecular flexibility index (Phi) is 4.23. The highest BCUT2D eigenvalue weighted by molar-refractivity contribution is 9.10. The summed E-state index contributed by atoms with van der Waals surface area (Å²) >= 11 is 8.97. The van der Waals surface area contributed by atoms with E-state index in [4.69, 9.17) is 21.6 Å². The van der Waals surface area contributed by atoms with Crippen LogP contribution in [0.3, 0.4) is 0 Å². The van der Waals surface area contributed by atoms with Crippen LogP contribution >= 0.6 is 27.5 Å². The monoisotopic (exact) mass is 352 g/mol. The summed E-state index contributed by atoms with van der Waals surface area (Å²) in [6.45, 7) is 0. The minimum Gasteiger partial charge on any atom is -0.450 e. The second-order valence-electron chi connectivity index (χ2n) is 3.76. The van der Waals surface area contributed by atoms with E-state index < -0.39 is 4.92 Å². The van der Waals surface area contributed by atoms with Crippen LogP contribution in [0.1, 0.15) is 5.56 Å². The van der Waals surface area contributed by atoms with Crippen LogP contribution in [0.25, 0.3) is 0 Å². The van der Waals surface area contributed by atoms with Gasteiger partial charge in [0.05, 0.1) is 16.6 Å². The molecule has 2 rings (SSSR count). The standard InChI is InChI=1S/C13H6BrClN2O3/c14-9-3-8(7-16)4-11(5-9)20-13-2-1-10(15)6-12(13)17(18)19/h1-6H. The van der Waals surface area contributed by atoms with Crippen molar-refractivity contribution < 1.29 is 9.66 Å². The molecule has 100 valence electrons. The first-order valence-corrected chi connectivity index (χ1v) is 6.49. The summed E-state index contributed by atoms with van der Waals surface area (Å²) in [7, 11) is 0. The van der Waals surface area contributed by atoms with Crippen molar-refractivity contribution in [2.24, 2.45) is 0 Å². The second-order valence-corrected chi connectivity index (χ2v) is 5.11. The van der Waals surface area contributed by atoms with Crippen molar-refractivity contribution in [1.29, 1.82) is 5.26 Å². The zero-order valence-corrected chi connectivity index (χ0v) is 12.2. The maximum Gasteiger partial charge on any atom is 0.313 e. The molecular weight excluding hydrogens is 348 g/mol. The fourth-order valence-corrected chi connectivity index (χ4v) is 2.17. The van der Waals surface area contributed by atoms with Crippen molar-refractivity contribution in [2.45, 2.75) is 0 Å². The summed E-state index contributed by atoms with van der Waals surface area (Å²) in [5.74, 6) is 0.378. The molecule has 2 aromatic carbocycles. The zero-order chi connectivity index (χ0) is 14.7. The molecule has 0 aliphatic heterocycles. The molecule has 5 nitrogen and oxygen atoms in total. The molecule has 0 fully saturated rings. The zero-order valence-electron chi connectivity index (χ0n) is 9.84. The lowest BCUT2D eigenvalue weighted by Crippen LogP contribution is -1.93. The van der Waals surface area contributed by atoms with E-state index >= 15 is 0 Å². The van der Waals surface area contributed by atoms with E-state index in [2.05, 4.69) is 15.9 Å². The summed E-state index contributed by atoms with van der Waals surface area (Å²) in [4.78, 5) is 10.4. The van der Waals surface area contributed by atoms with Crippen LogP contribution in [-0.2, 0) is 0 Å². The second kappa shape index (κ2) is 5.90. The van der Waals surface area contributed by atoms with Gasteiger partial charge < -0.3 is 4.74 Å². The molecule has 0 saturated carbocycles. The van der Waals surface area contributed by atoms with Crippen molar-refractivity contribution in [1.82, 2.24) is 0 Å². The maximum atomic E-state index is 11.0. The third kappa shape index (κ3) is 3.26. The van der Waals surface area contributed by atoms with Crippen molar-refractivity contribution in [3.63, 3.8) is 0 Å². The molecule has 0 N–H and O–H groups in total. The van der Waals surface area contributed by atoms with E-state index in [-0.39, 0.29) is 16.5 Å². The van der Waals surface area contributed by atoms with Crippen LogP contribution in [0.15, 0.2) is 40.9 Å². The van der Waals surface area contributed by atoms with Gasteiger partial charge in [-0.3, -0.25) is 10.1 Å². The highest BCUT2D eigenvalue weighted by Crippen LogP contribution is 2.34. The van der Waals surface area contributed by atoms with Gasteiger partial charge in [0, 0.05) is 15.6 Å². The molecule has 0 bridgehead atoms. The van der Waals surface area contributed by atoms with Gasteiger partial charge >= 0.3 is 5.69 Å². The first-order valence-electron chi connectivity index (χ1n) is 5.32. The molecular formula is C13H6BrClN2O3. The summed E-state index contributed by atoms with van der Waals surface area (Å²) in [5.41, 5.74) is 0.141. The maximum absolute atomic E-state index is 11.0. The third-order valence-corrected chi connectivity index (χ3v) is 3.04. The van der Waals surface area contributed by atoms with Gasteiger partial charge in [0.25, 0.3) is 0 Å². The van der Waals surface area contributed by atoms with Crippen LogP contribution in [0.2, 0.25) is 5.02 Å². The molecule has 0 saturated heterocycles. The summed E-state index contributed by atoms with van der Waals surface area (Å²) < 4.78 is 6.11. The molecule has 0 atom stereocenters. The molecule has 0 heterocycles. The van der Waals surface area contributed by atoms with Crippen molar-refractivity contribution in [3.05, 3.63) is 61.6 Å². The predicted octanol–water partition coefficient (Wildman–Crippen LogP) is 4.67. The Morgan fingerprint density at radius 1 is 1.30 bits per heavy atom. The van der Waals surface area contributed by atoms with Gasteiger partial charge in [-0.2, -0.15) is 5.26 Å². The SMILES string of the molecule is N#Cc1cc(Br)cc(Oc2ccc(Cl)cc2[N+](=O)[O-])c1. The number of nitrogens with zero attached hydrogens (tertiary/aromatic N) is 2. The van der Waals surface area contributed by atoms with E-state index in [1.807, 2.05) is 6.07 Å². The number of rotatable bonds is 3. The van der Waals surface area contributed by atoms with Crippen molar-refractivity contribution >= 4 is 33.2 Å². The number of nitro groups is 1. The molecule has 0 aromatic heterocycles. The molecule has 0 aliphatic rings. The summed E-state index contributed by atoms with van der Waals surface area (Å²) in [6.07, 6.45) is 0. The smallest absolute Gasteiger partial charge is 0.313 e. The molecule has 0 spiro atoms. The lowest BCUT2D eigenvalue weighted by atomic mass is 10.2. The molecule has 0 aliphatic carbocycles. The molecule has 0 radical (unpaired) electrons. The average molecular weight is 354 g/mol. The van der Waals surface area contributed by atoms with Gasteiger partial charge in [0.1, 0.15) is 5.75 Å². The van der Waals surface area contributed by atoms with Gasteiger partial charge in [0.2, 0.25) is 5.75 Å². The number of nitro benzene ring substituents is 1. The third-order valence-electron chi connectivity index (χ3n) is 2.35. The Labute approximate surface area is 127 Å². The summed E-state index contributed by atoms with van der Waals surface area (Å²) in [6, 6.07) is 10.8. The Morgan fingerprint density at radius 3 is 2.70 bits per heavy atom. The predicted molar refractivity (Wildman–Crippen MR) is 77.0 cm³/mol. The Bertz CT molecular complexity index is 728.